The number of benzene rings is 2. The molecule has 30 heavy (non-hydrogen) atoms. The highest BCUT2D eigenvalue weighted by molar-refractivity contribution is 7.98. The van der Waals surface area contributed by atoms with Crippen LogP contribution < -0.4 is 5.32 Å². The molecule has 0 radical (unpaired) electrons. The lowest BCUT2D eigenvalue weighted by Crippen LogP contribution is -2.36. The second kappa shape index (κ2) is 9.90. The smallest absolute Gasteiger partial charge is 0.251 e. The molecule has 1 aromatic heterocycles. The largest absolute Gasteiger partial charge is 0.349 e. The fourth-order valence-electron chi connectivity index (χ4n) is 3.75. The SMILES string of the molecule is Cc1ccc(-c2ccc(SCc3cccc(C(=O)NC4CCCCC4)c3)nn2)cc1. The first-order valence-corrected chi connectivity index (χ1v) is 11.6. The lowest BCUT2D eigenvalue weighted by molar-refractivity contribution is 0.0927. The van der Waals surface area contributed by atoms with Gasteiger partial charge >= 0.3 is 0 Å². The van der Waals surface area contributed by atoms with Gasteiger partial charge in [-0.3, -0.25) is 4.79 Å². The van der Waals surface area contributed by atoms with Gasteiger partial charge in [-0.1, -0.05) is 73.0 Å². The minimum Gasteiger partial charge on any atom is -0.349 e. The Morgan fingerprint density at radius 2 is 1.80 bits per heavy atom. The number of hydrogen-bond acceptors (Lipinski definition) is 4. The van der Waals surface area contributed by atoms with Crippen molar-refractivity contribution >= 4 is 17.7 Å². The van der Waals surface area contributed by atoms with Crippen molar-refractivity contribution < 1.29 is 4.79 Å². The summed E-state index contributed by atoms with van der Waals surface area (Å²) in [6.45, 7) is 2.07. The Hall–Kier alpha value is -2.66. The van der Waals surface area contributed by atoms with Crippen molar-refractivity contribution in [3.63, 3.8) is 0 Å². The quantitative estimate of drug-likeness (QED) is 0.515. The third-order valence-corrected chi connectivity index (χ3v) is 6.49. The third kappa shape index (κ3) is 5.48. The maximum atomic E-state index is 12.6. The lowest BCUT2D eigenvalue weighted by Gasteiger charge is -2.22. The van der Waals surface area contributed by atoms with Gasteiger partial charge in [-0.05, 0) is 49.6 Å². The molecule has 0 atom stereocenters. The molecular formula is C25H27N3OS. The van der Waals surface area contributed by atoms with E-state index in [1.54, 1.807) is 11.8 Å². The highest BCUT2D eigenvalue weighted by atomic mass is 32.2. The second-order valence-corrected chi connectivity index (χ2v) is 8.92. The minimum atomic E-state index is 0.0380. The van der Waals surface area contributed by atoms with E-state index in [1.807, 2.05) is 30.3 Å². The first-order valence-electron chi connectivity index (χ1n) is 10.6. The average Bonchev–Trinajstić information content (AvgIpc) is 2.79. The summed E-state index contributed by atoms with van der Waals surface area (Å²) in [4.78, 5) is 12.6. The number of carbonyl (C=O) groups is 1. The number of amides is 1. The van der Waals surface area contributed by atoms with Gasteiger partial charge in [-0.25, -0.2) is 0 Å². The van der Waals surface area contributed by atoms with Crippen molar-refractivity contribution in [3.05, 3.63) is 77.4 Å². The van der Waals surface area contributed by atoms with E-state index in [9.17, 15) is 4.79 Å². The van der Waals surface area contributed by atoms with Crippen molar-refractivity contribution in [2.45, 2.75) is 55.8 Å². The Balaban J connectivity index is 1.35. The predicted molar refractivity (Wildman–Crippen MR) is 123 cm³/mol. The topological polar surface area (TPSA) is 54.9 Å². The maximum absolute atomic E-state index is 12.6. The zero-order chi connectivity index (χ0) is 20.8. The zero-order valence-corrected chi connectivity index (χ0v) is 18.1. The first kappa shape index (κ1) is 20.6. The van der Waals surface area contributed by atoms with Crippen LogP contribution in [0.3, 0.4) is 0 Å². The molecule has 154 valence electrons. The van der Waals surface area contributed by atoms with Gasteiger partial charge in [0, 0.05) is 22.9 Å². The fourth-order valence-corrected chi connectivity index (χ4v) is 4.51. The number of aromatic nitrogens is 2. The highest BCUT2D eigenvalue weighted by Crippen LogP contribution is 2.24. The zero-order valence-electron chi connectivity index (χ0n) is 17.3. The van der Waals surface area contributed by atoms with Crippen molar-refractivity contribution in [3.8, 4) is 11.3 Å². The molecule has 1 saturated carbocycles. The normalized spacial score (nSPS) is 14.4. The standard InChI is InChI=1S/C25H27N3OS/c1-18-10-12-20(13-11-18)23-14-15-24(28-27-23)30-17-19-6-5-7-21(16-19)25(29)26-22-8-3-2-4-9-22/h5-7,10-16,22H,2-4,8-9,17H2,1H3,(H,26,29). The van der Waals surface area contributed by atoms with E-state index in [1.165, 1.54) is 24.8 Å². The van der Waals surface area contributed by atoms with E-state index < -0.39 is 0 Å². The number of thioether (sulfide) groups is 1. The van der Waals surface area contributed by atoms with Crippen LogP contribution in [0.2, 0.25) is 0 Å². The predicted octanol–water partition coefficient (Wildman–Crippen LogP) is 5.81. The summed E-state index contributed by atoms with van der Waals surface area (Å²) in [5.74, 6) is 0.791. The number of rotatable bonds is 6. The number of nitrogens with zero attached hydrogens (tertiary/aromatic N) is 2. The van der Waals surface area contributed by atoms with Crippen LogP contribution in [0.1, 0.15) is 53.6 Å². The summed E-state index contributed by atoms with van der Waals surface area (Å²) in [7, 11) is 0. The van der Waals surface area contributed by atoms with Crippen molar-refractivity contribution in [1.29, 1.82) is 0 Å². The molecule has 1 heterocycles. The molecule has 2 aromatic carbocycles. The molecule has 0 bridgehead atoms. The van der Waals surface area contributed by atoms with E-state index in [-0.39, 0.29) is 5.91 Å². The third-order valence-electron chi connectivity index (χ3n) is 5.50. The fraction of sp³-hybridized carbons (Fsp3) is 0.320. The van der Waals surface area contributed by atoms with E-state index in [2.05, 4.69) is 52.8 Å². The maximum Gasteiger partial charge on any atom is 0.251 e. The van der Waals surface area contributed by atoms with E-state index in [0.29, 0.717) is 6.04 Å². The van der Waals surface area contributed by atoms with Gasteiger partial charge in [-0.2, -0.15) is 0 Å². The molecule has 0 saturated heterocycles. The Kier molecular flexibility index (Phi) is 6.80. The molecule has 4 rings (SSSR count). The van der Waals surface area contributed by atoms with Crippen molar-refractivity contribution in [2.24, 2.45) is 0 Å². The van der Waals surface area contributed by atoms with E-state index >= 15 is 0 Å². The molecule has 1 amide bonds. The molecule has 5 heteroatoms. The van der Waals surface area contributed by atoms with Gasteiger partial charge in [0.1, 0.15) is 5.03 Å². The molecule has 0 spiro atoms. The number of aryl methyl sites for hydroxylation is 1. The molecule has 3 aromatic rings. The van der Waals surface area contributed by atoms with Crippen LogP contribution in [0, 0.1) is 6.92 Å². The van der Waals surface area contributed by atoms with Gasteiger partial charge in [0.15, 0.2) is 0 Å². The Labute approximate surface area is 182 Å². The summed E-state index contributed by atoms with van der Waals surface area (Å²) in [5, 5.41) is 12.8. The number of hydrogen-bond donors (Lipinski definition) is 1. The minimum absolute atomic E-state index is 0.0380. The van der Waals surface area contributed by atoms with Crippen LogP contribution in [0.15, 0.2) is 65.7 Å². The van der Waals surface area contributed by atoms with Crippen LogP contribution in [-0.4, -0.2) is 22.1 Å². The Morgan fingerprint density at radius 3 is 2.53 bits per heavy atom. The van der Waals surface area contributed by atoms with Gasteiger partial charge in [-0.15, -0.1) is 10.2 Å². The molecule has 0 unspecified atom stereocenters. The van der Waals surface area contributed by atoms with Crippen LogP contribution in [0.25, 0.3) is 11.3 Å². The summed E-state index contributed by atoms with van der Waals surface area (Å²) in [6.07, 6.45) is 5.90. The second-order valence-electron chi connectivity index (χ2n) is 7.92. The summed E-state index contributed by atoms with van der Waals surface area (Å²) < 4.78 is 0. The summed E-state index contributed by atoms with van der Waals surface area (Å²) in [5.41, 5.74) is 5.02. The number of carbonyl (C=O) groups excluding carboxylic acids is 1. The average molecular weight is 418 g/mol. The highest BCUT2D eigenvalue weighted by Gasteiger charge is 2.16. The molecule has 0 aliphatic heterocycles. The molecule has 1 N–H and O–H groups in total. The van der Waals surface area contributed by atoms with Crippen molar-refractivity contribution in [2.75, 3.05) is 0 Å². The van der Waals surface area contributed by atoms with Gasteiger partial charge in [0.05, 0.1) is 5.69 Å². The molecular weight excluding hydrogens is 390 g/mol. The number of nitrogens with one attached hydrogen (secondary N) is 1. The van der Waals surface area contributed by atoms with Gasteiger partial charge in [0.2, 0.25) is 0 Å². The van der Waals surface area contributed by atoms with Crippen LogP contribution in [0.4, 0.5) is 0 Å². The monoisotopic (exact) mass is 417 g/mol. The summed E-state index contributed by atoms with van der Waals surface area (Å²) in [6, 6.07) is 20.5. The van der Waals surface area contributed by atoms with Crippen LogP contribution >= 0.6 is 11.8 Å². The van der Waals surface area contributed by atoms with Crippen molar-refractivity contribution in [1.82, 2.24) is 15.5 Å². The molecule has 4 nitrogen and oxygen atoms in total. The van der Waals surface area contributed by atoms with Gasteiger partial charge in [0.25, 0.3) is 5.91 Å². The Bertz CT molecular complexity index is 980. The Morgan fingerprint density at radius 1 is 1.00 bits per heavy atom. The first-order chi connectivity index (χ1) is 14.7. The van der Waals surface area contributed by atoms with E-state index in [4.69, 9.17) is 0 Å². The van der Waals surface area contributed by atoms with Gasteiger partial charge < -0.3 is 5.32 Å². The van der Waals surface area contributed by atoms with Crippen LogP contribution in [-0.2, 0) is 5.75 Å². The molecule has 1 aliphatic rings. The van der Waals surface area contributed by atoms with E-state index in [0.717, 1.165) is 46.0 Å². The molecule has 1 aliphatic carbocycles. The van der Waals surface area contributed by atoms with Crippen LogP contribution in [0.5, 0.6) is 0 Å². The lowest BCUT2D eigenvalue weighted by atomic mass is 9.95. The molecule has 1 fully saturated rings. The summed E-state index contributed by atoms with van der Waals surface area (Å²) >= 11 is 1.63.